The Bertz CT molecular complexity index is 393. The highest BCUT2D eigenvalue weighted by atomic mass is 16.5. The van der Waals surface area contributed by atoms with E-state index in [1.807, 2.05) is 6.92 Å². The van der Waals surface area contributed by atoms with E-state index in [-0.39, 0.29) is 11.9 Å². The lowest BCUT2D eigenvalue weighted by atomic mass is 10.3. The second-order valence-corrected chi connectivity index (χ2v) is 4.00. The van der Waals surface area contributed by atoms with Gasteiger partial charge in [0.2, 0.25) is 0 Å². The molecule has 1 aliphatic heterocycles. The average Bonchev–Trinajstić information content (AvgIpc) is 2.76. The van der Waals surface area contributed by atoms with Gasteiger partial charge in [-0.2, -0.15) is 0 Å². The van der Waals surface area contributed by atoms with Crippen LogP contribution >= 0.6 is 0 Å². The van der Waals surface area contributed by atoms with Gasteiger partial charge in [0.15, 0.2) is 0 Å². The minimum Gasteiger partial charge on any atom is -0.463 e. The molecule has 1 aromatic rings. The number of methoxy groups -OCH3 is 1. The molecule has 0 spiro atoms. The first-order valence-corrected chi connectivity index (χ1v) is 5.50. The van der Waals surface area contributed by atoms with Gasteiger partial charge in [-0.15, -0.1) is 5.10 Å². The fourth-order valence-electron chi connectivity index (χ4n) is 1.77. The number of aromatic nitrogens is 3. The summed E-state index contributed by atoms with van der Waals surface area (Å²) in [5.74, 6) is -0.423. The van der Waals surface area contributed by atoms with E-state index in [9.17, 15) is 4.79 Å². The molecular weight excluding hydrogens is 224 g/mol. The Labute approximate surface area is 99.3 Å². The molecule has 1 aliphatic rings. The molecule has 1 saturated heterocycles. The minimum absolute atomic E-state index is 0.0915. The van der Waals surface area contributed by atoms with Crippen LogP contribution < -0.4 is 0 Å². The highest BCUT2D eigenvalue weighted by Crippen LogP contribution is 2.05. The van der Waals surface area contributed by atoms with E-state index in [0.717, 1.165) is 19.7 Å². The van der Waals surface area contributed by atoms with E-state index in [1.54, 1.807) is 4.68 Å². The Morgan fingerprint density at radius 3 is 3.24 bits per heavy atom. The predicted molar refractivity (Wildman–Crippen MR) is 58.3 cm³/mol. The third-order valence-electron chi connectivity index (χ3n) is 2.57. The number of hydrogen-bond donors (Lipinski definition) is 0. The van der Waals surface area contributed by atoms with Crippen molar-refractivity contribution in [3.8, 4) is 0 Å². The summed E-state index contributed by atoms with van der Waals surface area (Å²) < 4.78 is 11.6. The van der Waals surface area contributed by atoms with Gasteiger partial charge in [-0.1, -0.05) is 0 Å². The molecule has 0 N–H and O–H groups in total. The van der Waals surface area contributed by atoms with Crippen LogP contribution in [0.1, 0.15) is 17.5 Å². The van der Waals surface area contributed by atoms with Crippen LogP contribution in [0.25, 0.3) is 0 Å². The van der Waals surface area contributed by atoms with Crippen LogP contribution in [0.15, 0.2) is 6.33 Å². The van der Waals surface area contributed by atoms with Gasteiger partial charge in [0.1, 0.15) is 6.33 Å². The third-order valence-corrected chi connectivity index (χ3v) is 2.57. The maximum absolute atomic E-state index is 11.2. The first kappa shape index (κ1) is 12.0. The van der Waals surface area contributed by atoms with E-state index in [1.165, 1.54) is 13.4 Å². The van der Waals surface area contributed by atoms with Crippen LogP contribution in [0, 0.1) is 0 Å². The third kappa shape index (κ3) is 3.01. The Morgan fingerprint density at radius 2 is 2.53 bits per heavy atom. The molecule has 1 unspecified atom stereocenters. The van der Waals surface area contributed by atoms with Gasteiger partial charge < -0.3 is 9.47 Å². The first-order chi connectivity index (χ1) is 8.19. The van der Waals surface area contributed by atoms with E-state index in [2.05, 4.69) is 19.7 Å². The topological polar surface area (TPSA) is 69.5 Å². The summed E-state index contributed by atoms with van der Waals surface area (Å²) in [6, 6.07) is 0. The molecule has 1 atom stereocenters. The number of ether oxygens (including phenoxy) is 2. The number of esters is 1. The molecule has 0 radical (unpaired) electrons. The van der Waals surface area contributed by atoms with Crippen molar-refractivity contribution in [1.82, 2.24) is 19.7 Å². The minimum atomic E-state index is -0.515. The predicted octanol–water partition coefficient (Wildman–Crippen LogP) is -0.257. The van der Waals surface area contributed by atoms with Gasteiger partial charge in [0, 0.05) is 13.1 Å². The number of carbonyl (C=O) groups is 1. The molecule has 0 amide bonds. The number of hydrogen-bond acceptors (Lipinski definition) is 6. The smallest absolute Gasteiger partial charge is 0.377 e. The fourth-order valence-corrected chi connectivity index (χ4v) is 1.77. The second kappa shape index (κ2) is 5.24. The Kier molecular flexibility index (Phi) is 3.70. The molecule has 0 bridgehead atoms. The lowest BCUT2D eigenvalue weighted by Gasteiger charge is -2.30. The highest BCUT2D eigenvalue weighted by Gasteiger charge is 2.18. The molecule has 0 aliphatic carbocycles. The Balaban J connectivity index is 1.94. The zero-order chi connectivity index (χ0) is 12.3. The quantitative estimate of drug-likeness (QED) is 0.678. The molecule has 0 saturated carbocycles. The van der Waals surface area contributed by atoms with Crippen LogP contribution in [0.2, 0.25) is 0 Å². The Morgan fingerprint density at radius 1 is 1.71 bits per heavy atom. The summed E-state index contributed by atoms with van der Waals surface area (Å²) in [5.41, 5.74) is 0. The molecule has 7 heteroatoms. The van der Waals surface area contributed by atoms with Gasteiger partial charge >= 0.3 is 5.97 Å². The molecule has 1 aromatic heterocycles. The number of morpholine rings is 1. The van der Waals surface area contributed by atoms with Gasteiger partial charge in [0.25, 0.3) is 5.82 Å². The van der Waals surface area contributed by atoms with Crippen LogP contribution in [0.4, 0.5) is 0 Å². The van der Waals surface area contributed by atoms with Crippen molar-refractivity contribution >= 4 is 5.97 Å². The van der Waals surface area contributed by atoms with E-state index >= 15 is 0 Å². The summed E-state index contributed by atoms with van der Waals surface area (Å²) in [6.07, 6.45) is 1.76. The summed E-state index contributed by atoms with van der Waals surface area (Å²) in [6.45, 7) is 5.08. The molecule has 7 nitrogen and oxygen atoms in total. The molecular formula is C10H16N4O3. The van der Waals surface area contributed by atoms with Crippen molar-refractivity contribution in [3.63, 3.8) is 0 Å². The Hall–Kier alpha value is -1.47. The summed E-state index contributed by atoms with van der Waals surface area (Å²) in [7, 11) is 1.31. The largest absolute Gasteiger partial charge is 0.463 e. The van der Waals surface area contributed by atoms with Crippen LogP contribution in [0.5, 0.6) is 0 Å². The summed E-state index contributed by atoms with van der Waals surface area (Å²) in [4.78, 5) is 17.3. The zero-order valence-electron chi connectivity index (χ0n) is 10.00. The van der Waals surface area contributed by atoms with Gasteiger partial charge in [-0.3, -0.25) is 4.90 Å². The summed E-state index contributed by atoms with van der Waals surface area (Å²) >= 11 is 0. The second-order valence-electron chi connectivity index (χ2n) is 4.00. The number of rotatable bonds is 3. The standard InChI is InChI=1S/C10H16N4O3/c1-8-5-13(3-4-17-8)7-14-6-11-9(12-14)10(15)16-2/h6,8H,3-5,7H2,1-2H3. The molecule has 17 heavy (non-hydrogen) atoms. The van der Waals surface area contributed by atoms with Crippen LogP contribution in [-0.4, -0.2) is 58.5 Å². The van der Waals surface area contributed by atoms with E-state index in [0.29, 0.717) is 6.67 Å². The molecule has 94 valence electrons. The number of nitrogens with zero attached hydrogens (tertiary/aromatic N) is 4. The van der Waals surface area contributed by atoms with E-state index in [4.69, 9.17) is 4.74 Å². The fraction of sp³-hybridized carbons (Fsp3) is 0.700. The maximum Gasteiger partial charge on any atom is 0.377 e. The van der Waals surface area contributed by atoms with Gasteiger partial charge in [-0.05, 0) is 6.92 Å². The van der Waals surface area contributed by atoms with Crippen molar-refractivity contribution < 1.29 is 14.3 Å². The van der Waals surface area contributed by atoms with Gasteiger partial charge in [-0.25, -0.2) is 14.5 Å². The van der Waals surface area contributed by atoms with Crippen molar-refractivity contribution in [1.29, 1.82) is 0 Å². The van der Waals surface area contributed by atoms with Crippen molar-refractivity contribution in [3.05, 3.63) is 12.2 Å². The lowest BCUT2D eigenvalue weighted by molar-refractivity contribution is -0.0305. The van der Waals surface area contributed by atoms with Gasteiger partial charge in [0.05, 0.1) is 26.5 Å². The van der Waals surface area contributed by atoms with Crippen molar-refractivity contribution in [2.75, 3.05) is 26.8 Å². The monoisotopic (exact) mass is 240 g/mol. The molecule has 0 aromatic carbocycles. The lowest BCUT2D eigenvalue weighted by Crippen LogP contribution is -2.41. The van der Waals surface area contributed by atoms with E-state index < -0.39 is 5.97 Å². The molecule has 1 fully saturated rings. The van der Waals surface area contributed by atoms with Crippen molar-refractivity contribution in [2.24, 2.45) is 0 Å². The highest BCUT2D eigenvalue weighted by molar-refractivity contribution is 5.84. The SMILES string of the molecule is COC(=O)c1ncn(CN2CCOC(C)C2)n1. The number of carbonyl (C=O) groups excluding carboxylic acids is 1. The normalized spacial score (nSPS) is 21.4. The molecule has 2 rings (SSSR count). The van der Waals surface area contributed by atoms with Crippen LogP contribution in [-0.2, 0) is 16.1 Å². The molecule has 2 heterocycles. The zero-order valence-corrected chi connectivity index (χ0v) is 10.00. The maximum atomic E-state index is 11.2. The van der Waals surface area contributed by atoms with Crippen molar-refractivity contribution in [2.45, 2.75) is 19.7 Å². The average molecular weight is 240 g/mol. The van der Waals surface area contributed by atoms with Crippen LogP contribution in [0.3, 0.4) is 0 Å². The first-order valence-electron chi connectivity index (χ1n) is 5.50. The summed E-state index contributed by atoms with van der Waals surface area (Å²) in [5, 5.41) is 4.05.